The summed E-state index contributed by atoms with van der Waals surface area (Å²) in [5, 5.41) is 10.5. The molecule has 1 heterocycles. The Balaban J connectivity index is 1.87. The van der Waals surface area contributed by atoms with Gasteiger partial charge < -0.3 is 28.1 Å². The number of ether oxygens (including phenoxy) is 5. The Morgan fingerprint density at radius 2 is 1.42 bits per heavy atom. The number of anilines is 1. The molecule has 0 aliphatic carbocycles. The molecule has 1 amide bonds. The van der Waals surface area contributed by atoms with Crippen LogP contribution in [0.3, 0.4) is 0 Å². The highest BCUT2D eigenvalue weighted by molar-refractivity contribution is 6.04. The molecular formula is C23H27N3O7. The molecule has 0 unspecified atom stereocenters. The minimum absolute atomic E-state index is 0.0680. The number of hydrogen-bond donors (Lipinski definition) is 1. The van der Waals surface area contributed by atoms with Crippen molar-refractivity contribution in [3.63, 3.8) is 0 Å². The number of amides is 1. The monoisotopic (exact) mass is 457 g/mol. The van der Waals surface area contributed by atoms with Crippen molar-refractivity contribution < 1.29 is 32.9 Å². The van der Waals surface area contributed by atoms with Gasteiger partial charge in [0.05, 0.1) is 34.0 Å². The van der Waals surface area contributed by atoms with E-state index in [4.69, 9.17) is 28.1 Å². The highest BCUT2D eigenvalue weighted by Crippen LogP contribution is 2.39. The fourth-order valence-electron chi connectivity index (χ4n) is 3.01. The van der Waals surface area contributed by atoms with Gasteiger partial charge in [-0.15, -0.1) is 5.10 Å². The topological polar surface area (TPSA) is 114 Å². The van der Waals surface area contributed by atoms with E-state index in [-0.39, 0.29) is 17.5 Å². The van der Waals surface area contributed by atoms with Crippen molar-refractivity contribution in [2.75, 3.05) is 39.4 Å². The van der Waals surface area contributed by atoms with E-state index in [0.29, 0.717) is 54.1 Å². The number of nitrogens with zero attached hydrogens (tertiary/aromatic N) is 2. The predicted molar refractivity (Wildman–Crippen MR) is 121 cm³/mol. The summed E-state index contributed by atoms with van der Waals surface area (Å²) in [5.74, 6) is 2.11. The van der Waals surface area contributed by atoms with Crippen LogP contribution in [-0.2, 0) is 0 Å². The van der Waals surface area contributed by atoms with E-state index in [1.807, 2.05) is 20.8 Å². The van der Waals surface area contributed by atoms with Crippen LogP contribution < -0.4 is 29.0 Å². The molecule has 2 aromatic carbocycles. The number of benzene rings is 2. The van der Waals surface area contributed by atoms with Crippen LogP contribution in [0, 0.1) is 0 Å². The van der Waals surface area contributed by atoms with Crippen molar-refractivity contribution in [3.8, 4) is 40.2 Å². The number of methoxy groups -OCH3 is 2. The second-order valence-corrected chi connectivity index (χ2v) is 6.57. The molecule has 1 N–H and O–H groups in total. The number of hydrogen-bond acceptors (Lipinski definition) is 9. The summed E-state index contributed by atoms with van der Waals surface area (Å²) in [6.45, 7) is 6.76. The maximum absolute atomic E-state index is 12.9. The van der Waals surface area contributed by atoms with Crippen LogP contribution >= 0.6 is 0 Å². The van der Waals surface area contributed by atoms with Crippen LogP contribution in [0.25, 0.3) is 11.5 Å². The Labute approximate surface area is 191 Å². The molecule has 0 saturated heterocycles. The number of carbonyl (C=O) groups is 1. The lowest BCUT2D eigenvalue weighted by atomic mass is 10.1. The Morgan fingerprint density at radius 1 is 0.848 bits per heavy atom. The van der Waals surface area contributed by atoms with Crippen LogP contribution in [0.5, 0.6) is 28.7 Å². The molecule has 0 bridgehead atoms. The zero-order valence-electron chi connectivity index (χ0n) is 19.3. The van der Waals surface area contributed by atoms with Crippen LogP contribution in [0.15, 0.2) is 34.7 Å². The first-order chi connectivity index (χ1) is 16.0. The number of carbonyl (C=O) groups excluding carboxylic acids is 1. The Kier molecular flexibility index (Phi) is 7.96. The summed E-state index contributed by atoms with van der Waals surface area (Å²) in [6, 6.07) is 8.25. The van der Waals surface area contributed by atoms with Crippen molar-refractivity contribution in [2.45, 2.75) is 20.8 Å². The summed E-state index contributed by atoms with van der Waals surface area (Å²) >= 11 is 0. The molecule has 0 saturated carbocycles. The van der Waals surface area contributed by atoms with E-state index in [2.05, 4.69) is 15.5 Å². The van der Waals surface area contributed by atoms with E-state index in [1.165, 1.54) is 0 Å². The number of nitrogens with one attached hydrogen (secondary N) is 1. The first kappa shape index (κ1) is 23.7. The maximum atomic E-state index is 12.9. The van der Waals surface area contributed by atoms with Gasteiger partial charge in [0, 0.05) is 17.2 Å². The first-order valence-electron chi connectivity index (χ1n) is 10.5. The van der Waals surface area contributed by atoms with E-state index in [0.717, 1.165) is 0 Å². The van der Waals surface area contributed by atoms with Gasteiger partial charge in [-0.25, -0.2) is 0 Å². The molecular weight excluding hydrogens is 430 g/mol. The van der Waals surface area contributed by atoms with Gasteiger partial charge in [0.25, 0.3) is 5.91 Å². The molecule has 0 aliphatic heterocycles. The summed E-state index contributed by atoms with van der Waals surface area (Å²) in [7, 11) is 3.09. The van der Waals surface area contributed by atoms with Crippen molar-refractivity contribution in [1.82, 2.24) is 10.2 Å². The highest BCUT2D eigenvalue weighted by Gasteiger charge is 2.20. The Morgan fingerprint density at radius 3 is 1.94 bits per heavy atom. The van der Waals surface area contributed by atoms with Crippen molar-refractivity contribution >= 4 is 11.9 Å². The smallest absolute Gasteiger partial charge is 0.322 e. The lowest BCUT2D eigenvalue weighted by Crippen LogP contribution is -2.13. The van der Waals surface area contributed by atoms with Gasteiger partial charge in [-0.1, -0.05) is 5.10 Å². The van der Waals surface area contributed by atoms with Gasteiger partial charge >= 0.3 is 6.01 Å². The normalized spacial score (nSPS) is 10.5. The Hall–Kier alpha value is -3.95. The molecule has 33 heavy (non-hydrogen) atoms. The first-order valence-corrected chi connectivity index (χ1v) is 10.5. The molecule has 3 rings (SSSR count). The Bertz CT molecular complexity index is 1050. The van der Waals surface area contributed by atoms with Crippen LogP contribution in [0.2, 0.25) is 0 Å². The molecule has 10 nitrogen and oxygen atoms in total. The van der Waals surface area contributed by atoms with Crippen molar-refractivity contribution in [2.24, 2.45) is 0 Å². The summed E-state index contributed by atoms with van der Waals surface area (Å²) < 4.78 is 33.2. The van der Waals surface area contributed by atoms with Gasteiger partial charge in [0.2, 0.25) is 11.6 Å². The van der Waals surface area contributed by atoms with Crippen LogP contribution in [0.1, 0.15) is 31.1 Å². The molecule has 176 valence electrons. The quantitative estimate of drug-likeness (QED) is 0.452. The second-order valence-electron chi connectivity index (χ2n) is 6.57. The second kappa shape index (κ2) is 11.1. The van der Waals surface area contributed by atoms with E-state index < -0.39 is 5.91 Å². The van der Waals surface area contributed by atoms with Gasteiger partial charge in [-0.3, -0.25) is 10.1 Å². The van der Waals surface area contributed by atoms with Crippen molar-refractivity contribution in [3.05, 3.63) is 35.9 Å². The minimum Gasteiger partial charge on any atom is -0.497 e. The van der Waals surface area contributed by atoms with Gasteiger partial charge in [0.1, 0.15) is 11.5 Å². The third-order valence-corrected chi connectivity index (χ3v) is 4.42. The lowest BCUT2D eigenvalue weighted by molar-refractivity contribution is 0.102. The fourth-order valence-corrected chi connectivity index (χ4v) is 3.01. The predicted octanol–water partition coefficient (Wildman–Crippen LogP) is 4.20. The third kappa shape index (κ3) is 5.65. The molecule has 3 aromatic rings. The zero-order valence-corrected chi connectivity index (χ0v) is 19.3. The van der Waals surface area contributed by atoms with Crippen LogP contribution in [0.4, 0.5) is 6.01 Å². The molecule has 0 atom stereocenters. The lowest BCUT2D eigenvalue weighted by Gasteiger charge is -2.16. The molecule has 0 spiro atoms. The number of rotatable bonds is 11. The van der Waals surface area contributed by atoms with E-state index in [1.54, 1.807) is 44.6 Å². The maximum Gasteiger partial charge on any atom is 0.322 e. The molecule has 0 aliphatic rings. The minimum atomic E-state index is -0.474. The summed E-state index contributed by atoms with van der Waals surface area (Å²) in [6.07, 6.45) is 0. The zero-order chi connectivity index (χ0) is 23.8. The SMILES string of the molecule is CCOc1cc(C(=O)Nc2nnc(-c3cc(OC)cc(OC)c3)o2)cc(OCC)c1OCC. The standard InChI is InChI=1S/C23H27N3O7/c1-6-30-18-11-14(12-19(31-7-2)20(18)32-8-3)21(27)24-23-26-25-22(33-23)15-9-16(28-4)13-17(10-15)29-5/h9-13H,6-8H2,1-5H3,(H,24,26,27). The molecule has 0 fully saturated rings. The van der Waals surface area contributed by atoms with Gasteiger partial charge in [-0.05, 0) is 45.0 Å². The number of aromatic nitrogens is 2. The van der Waals surface area contributed by atoms with Gasteiger partial charge in [-0.2, -0.15) is 0 Å². The molecule has 1 aromatic heterocycles. The highest BCUT2D eigenvalue weighted by atomic mass is 16.5. The van der Waals surface area contributed by atoms with Crippen molar-refractivity contribution in [1.29, 1.82) is 0 Å². The van der Waals surface area contributed by atoms with Crippen LogP contribution in [-0.4, -0.2) is 50.1 Å². The van der Waals surface area contributed by atoms with E-state index in [9.17, 15) is 4.79 Å². The summed E-state index contributed by atoms with van der Waals surface area (Å²) in [4.78, 5) is 12.9. The fraction of sp³-hybridized carbons (Fsp3) is 0.348. The molecule has 0 radical (unpaired) electrons. The largest absolute Gasteiger partial charge is 0.497 e. The molecule has 10 heteroatoms. The third-order valence-electron chi connectivity index (χ3n) is 4.42. The average Bonchev–Trinajstić information content (AvgIpc) is 3.29. The summed E-state index contributed by atoms with van der Waals surface area (Å²) in [5.41, 5.74) is 0.866. The van der Waals surface area contributed by atoms with E-state index >= 15 is 0 Å². The average molecular weight is 457 g/mol. The van der Waals surface area contributed by atoms with Gasteiger partial charge in [0.15, 0.2) is 11.5 Å².